The van der Waals surface area contributed by atoms with Crippen molar-refractivity contribution in [2.24, 2.45) is 5.41 Å². The van der Waals surface area contributed by atoms with E-state index in [1.165, 1.54) is 62.9 Å². The molecule has 2 fully saturated rings. The molecular formula is C16H21BrClN. The molecule has 1 aliphatic carbocycles. The second kappa shape index (κ2) is 5.65. The summed E-state index contributed by atoms with van der Waals surface area (Å²) in [5.74, 6) is 0. The number of alkyl halides is 1. The van der Waals surface area contributed by atoms with Gasteiger partial charge in [0.25, 0.3) is 0 Å². The zero-order valence-corrected chi connectivity index (χ0v) is 13.6. The van der Waals surface area contributed by atoms with Gasteiger partial charge >= 0.3 is 0 Å². The number of hydrogen-bond donors (Lipinski definition) is 0. The third-order valence-electron chi connectivity index (χ3n) is 4.88. The second-order valence-corrected chi connectivity index (χ2v) is 7.14. The van der Waals surface area contributed by atoms with Crippen molar-refractivity contribution in [1.29, 1.82) is 0 Å². The van der Waals surface area contributed by atoms with Crippen molar-refractivity contribution in [1.82, 2.24) is 0 Å². The third kappa shape index (κ3) is 2.80. The molecule has 19 heavy (non-hydrogen) atoms. The van der Waals surface area contributed by atoms with Crippen LogP contribution in [0.2, 0.25) is 5.02 Å². The van der Waals surface area contributed by atoms with Crippen LogP contribution in [0.15, 0.2) is 18.2 Å². The second-order valence-electron chi connectivity index (χ2n) is 6.14. The van der Waals surface area contributed by atoms with Gasteiger partial charge in [0.15, 0.2) is 0 Å². The topological polar surface area (TPSA) is 3.24 Å². The van der Waals surface area contributed by atoms with Crippen LogP contribution >= 0.6 is 27.5 Å². The highest BCUT2D eigenvalue weighted by Gasteiger charge is 2.39. The van der Waals surface area contributed by atoms with Crippen LogP contribution in [-0.2, 0) is 5.33 Å². The number of benzene rings is 1. The number of nitrogens with zero attached hydrogens (tertiary/aromatic N) is 1. The number of anilines is 1. The fourth-order valence-electron chi connectivity index (χ4n) is 3.82. The third-order valence-corrected chi connectivity index (χ3v) is 5.72. The largest absolute Gasteiger partial charge is 0.371 e. The van der Waals surface area contributed by atoms with E-state index in [-0.39, 0.29) is 0 Å². The van der Waals surface area contributed by atoms with Gasteiger partial charge in [0.1, 0.15) is 0 Å². The van der Waals surface area contributed by atoms with Crippen molar-refractivity contribution in [3.05, 3.63) is 28.8 Å². The smallest absolute Gasteiger partial charge is 0.0410 e. The quantitative estimate of drug-likeness (QED) is 0.651. The van der Waals surface area contributed by atoms with E-state index < -0.39 is 0 Å². The molecule has 1 saturated carbocycles. The minimum atomic E-state index is 0.613. The maximum Gasteiger partial charge on any atom is 0.0410 e. The molecule has 104 valence electrons. The van der Waals surface area contributed by atoms with Gasteiger partial charge in [-0.15, -0.1) is 0 Å². The summed E-state index contributed by atoms with van der Waals surface area (Å²) in [6.07, 6.45) is 8.54. The summed E-state index contributed by atoms with van der Waals surface area (Å²) in [7, 11) is 0. The number of hydrogen-bond acceptors (Lipinski definition) is 1. The van der Waals surface area contributed by atoms with E-state index in [9.17, 15) is 0 Å². The Morgan fingerprint density at radius 1 is 1.16 bits per heavy atom. The lowest BCUT2D eigenvalue weighted by atomic mass is 9.73. The van der Waals surface area contributed by atoms with Crippen LogP contribution < -0.4 is 4.90 Å². The van der Waals surface area contributed by atoms with Gasteiger partial charge in [0.05, 0.1) is 0 Å². The van der Waals surface area contributed by atoms with Gasteiger partial charge in [-0.1, -0.05) is 46.8 Å². The standard InChI is InChI=1S/C16H21BrClN/c17-11-13-10-14(18)4-5-15(13)19-9-8-16(12-19)6-2-1-3-7-16/h4-5,10H,1-3,6-9,11-12H2. The van der Waals surface area contributed by atoms with Gasteiger partial charge in [-0.3, -0.25) is 0 Å². The molecule has 0 N–H and O–H groups in total. The zero-order chi connectivity index (χ0) is 13.3. The van der Waals surface area contributed by atoms with Crippen molar-refractivity contribution in [3.63, 3.8) is 0 Å². The summed E-state index contributed by atoms with van der Waals surface area (Å²) in [5, 5.41) is 1.72. The van der Waals surface area contributed by atoms with Crippen molar-refractivity contribution in [3.8, 4) is 0 Å². The normalized spacial score (nSPS) is 22.1. The van der Waals surface area contributed by atoms with Gasteiger partial charge in [-0.25, -0.2) is 0 Å². The van der Waals surface area contributed by atoms with Gasteiger partial charge in [-0.2, -0.15) is 0 Å². The molecule has 0 amide bonds. The maximum atomic E-state index is 6.11. The Hall–Kier alpha value is -0.210. The van der Waals surface area contributed by atoms with E-state index in [0.717, 1.165) is 10.4 Å². The van der Waals surface area contributed by atoms with Gasteiger partial charge in [0.2, 0.25) is 0 Å². The van der Waals surface area contributed by atoms with Crippen LogP contribution in [0.5, 0.6) is 0 Å². The molecule has 2 aliphatic rings. The molecule has 0 aromatic heterocycles. The lowest BCUT2D eigenvalue weighted by Crippen LogP contribution is -2.29. The van der Waals surface area contributed by atoms with E-state index in [4.69, 9.17) is 11.6 Å². The predicted octanol–water partition coefficient (Wildman–Crippen LogP) is 5.40. The fourth-order valence-corrected chi connectivity index (χ4v) is 4.46. The molecule has 1 aromatic carbocycles. The molecule has 0 bridgehead atoms. The van der Waals surface area contributed by atoms with E-state index in [1.807, 2.05) is 6.07 Å². The van der Waals surface area contributed by atoms with Crippen LogP contribution in [0.1, 0.15) is 44.1 Å². The Kier molecular flexibility index (Phi) is 4.09. The minimum absolute atomic E-state index is 0.613. The lowest BCUT2D eigenvalue weighted by molar-refractivity contribution is 0.219. The fraction of sp³-hybridized carbons (Fsp3) is 0.625. The SMILES string of the molecule is Clc1ccc(N2CCC3(CCCCC3)C2)c(CBr)c1. The van der Waals surface area contributed by atoms with Gasteiger partial charge in [-0.05, 0) is 48.4 Å². The first-order chi connectivity index (χ1) is 9.22. The zero-order valence-electron chi connectivity index (χ0n) is 11.3. The summed E-state index contributed by atoms with van der Waals surface area (Å²) in [5.41, 5.74) is 3.31. The monoisotopic (exact) mass is 341 g/mol. The molecule has 0 atom stereocenters. The van der Waals surface area contributed by atoms with Gasteiger partial charge in [0, 0.05) is 29.1 Å². The number of halogens is 2. The maximum absolute atomic E-state index is 6.11. The molecule has 0 unspecified atom stereocenters. The molecule has 3 rings (SSSR count). The van der Waals surface area contributed by atoms with Crippen LogP contribution in [-0.4, -0.2) is 13.1 Å². The van der Waals surface area contributed by atoms with E-state index in [1.54, 1.807) is 0 Å². The Labute approximate surface area is 129 Å². The van der Waals surface area contributed by atoms with Crippen LogP contribution in [0.4, 0.5) is 5.69 Å². The molecular weight excluding hydrogens is 322 g/mol. The average molecular weight is 343 g/mol. The first-order valence-electron chi connectivity index (χ1n) is 7.32. The highest BCUT2D eigenvalue weighted by Crippen LogP contribution is 2.45. The summed E-state index contributed by atoms with van der Waals surface area (Å²) < 4.78 is 0. The Morgan fingerprint density at radius 2 is 1.95 bits per heavy atom. The van der Waals surface area contributed by atoms with E-state index in [0.29, 0.717) is 5.41 Å². The van der Waals surface area contributed by atoms with Crippen molar-refractivity contribution in [2.45, 2.75) is 43.9 Å². The first kappa shape index (κ1) is 13.8. The number of rotatable bonds is 2. The molecule has 1 aromatic rings. The Morgan fingerprint density at radius 3 is 2.68 bits per heavy atom. The van der Waals surface area contributed by atoms with Crippen LogP contribution in [0.3, 0.4) is 0 Å². The van der Waals surface area contributed by atoms with Crippen molar-refractivity contribution >= 4 is 33.2 Å². The van der Waals surface area contributed by atoms with Crippen LogP contribution in [0, 0.1) is 5.41 Å². The molecule has 1 spiro atoms. The summed E-state index contributed by atoms with van der Waals surface area (Å²) in [6.45, 7) is 2.45. The summed E-state index contributed by atoms with van der Waals surface area (Å²) in [4.78, 5) is 2.58. The van der Waals surface area contributed by atoms with Gasteiger partial charge < -0.3 is 4.90 Å². The average Bonchev–Trinajstić information content (AvgIpc) is 2.83. The molecule has 1 aliphatic heterocycles. The molecule has 1 nitrogen and oxygen atoms in total. The highest BCUT2D eigenvalue weighted by molar-refractivity contribution is 9.08. The molecule has 0 radical (unpaired) electrons. The van der Waals surface area contributed by atoms with E-state index in [2.05, 4.69) is 33.0 Å². The summed E-state index contributed by atoms with van der Waals surface area (Å²) >= 11 is 9.70. The van der Waals surface area contributed by atoms with Crippen molar-refractivity contribution in [2.75, 3.05) is 18.0 Å². The molecule has 3 heteroatoms. The highest BCUT2D eigenvalue weighted by atomic mass is 79.9. The first-order valence-corrected chi connectivity index (χ1v) is 8.82. The molecule has 1 saturated heterocycles. The minimum Gasteiger partial charge on any atom is -0.371 e. The Balaban J connectivity index is 1.80. The summed E-state index contributed by atoms with van der Waals surface area (Å²) in [6, 6.07) is 6.31. The molecule has 1 heterocycles. The lowest BCUT2D eigenvalue weighted by Gasteiger charge is -2.33. The predicted molar refractivity (Wildman–Crippen MR) is 86.4 cm³/mol. The Bertz CT molecular complexity index is 454. The van der Waals surface area contributed by atoms with Crippen LogP contribution in [0.25, 0.3) is 0 Å². The van der Waals surface area contributed by atoms with Crippen molar-refractivity contribution < 1.29 is 0 Å². The van der Waals surface area contributed by atoms with E-state index >= 15 is 0 Å².